The first-order valence-corrected chi connectivity index (χ1v) is 9.87. The molecular weight excluding hydrogens is 352 g/mol. The van der Waals surface area contributed by atoms with Gasteiger partial charge in [0.05, 0.1) is 6.61 Å². The molecule has 0 heterocycles. The van der Waals surface area contributed by atoms with E-state index in [9.17, 15) is 9.59 Å². The third kappa shape index (κ3) is 6.50. The van der Waals surface area contributed by atoms with Crippen molar-refractivity contribution in [2.75, 3.05) is 26.2 Å². The summed E-state index contributed by atoms with van der Waals surface area (Å²) in [4.78, 5) is 28.9. The molecule has 2 rings (SSSR count). The van der Waals surface area contributed by atoms with Gasteiger partial charge in [0.15, 0.2) is 0 Å². The monoisotopic (exact) mass is 382 g/mol. The van der Waals surface area contributed by atoms with Crippen LogP contribution in [0.25, 0.3) is 0 Å². The maximum Gasteiger partial charge on any atom is 0.325 e. The second kappa shape index (κ2) is 11.2. The summed E-state index contributed by atoms with van der Waals surface area (Å²) in [6.45, 7) is 9.46. The minimum Gasteiger partial charge on any atom is -0.465 e. The number of nitrogens with zero attached hydrogens (tertiary/aromatic N) is 2. The highest BCUT2D eigenvalue weighted by molar-refractivity contribution is 5.96. The zero-order valence-electron chi connectivity index (χ0n) is 17.1. The Morgan fingerprint density at radius 1 is 0.821 bits per heavy atom. The van der Waals surface area contributed by atoms with E-state index in [1.165, 1.54) is 10.5 Å². The second-order valence-corrected chi connectivity index (χ2v) is 6.61. The van der Waals surface area contributed by atoms with Crippen LogP contribution in [0.5, 0.6) is 0 Å². The van der Waals surface area contributed by atoms with E-state index in [1.807, 2.05) is 54.6 Å². The fourth-order valence-electron chi connectivity index (χ4n) is 3.01. The standard InChI is InChI=1S/C23H30N2O3/c1-4-24(5-2)16-20-12-14-21(15-13-20)23(27)25(18-22(26)28-6-3)17-19-10-8-7-9-11-19/h7-15H,4-6,16-18H2,1-3H3. The summed E-state index contributed by atoms with van der Waals surface area (Å²) in [7, 11) is 0. The van der Waals surface area contributed by atoms with E-state index in [0.29, 0.717) is 18.7 Å². The van der Waals surface area contributed by atoms with Crippen molar-refractivity contribution < 1.29 is 14.3 Å². The molecule has 2 aromatic rings. The molecule has 0 spiro atoms. The van der Waals surface area contributed by atoms with Crippen molar-refractivity contribution in [2.45, 2.75) is 33.9 Å². The first kappa shape index (κ1) is 21.6. The van der Waals surface area contributed by atoms with E-state index >= 15 is 0 Å². The maximum atomic E-state index is 13.0. The predicted molar refractivity (Wildman–Crippen MR) is 111 cm³/mol. The van der Waals surface area contributed by atoms with Gasteiger partial charge in [-0.3, -0.25) is 14.5 Å². The normalized spacial score (nSPS) is 10.7. The van der Waals surface area contributed by atoms with Gasteiger partial charge in [0.1, 0.15) is 6.54 Å². The molecule has 150 valence electrons. The fraction of sp³-hybridized carbons (Fsp3) is 0.391. The number of amides is 1. The summed E-state index contributed by atoms with van der Waals surface area (Å²) < 4.78 is 5.05. The van der Waals surface area contributed by atoms with Crippen molar-refractivity contribution >= 4 is 11.9 Å². The molecule has 0 saturated carbocycles. The molecule has 0 saturated heterocycles. The van der Waals surface area contributed by atoms with E-state index < -0.39 is 5.97 Å². The van der Waals surface area contributed by atoms with Gasteiger partial charge in [0.2, 0.25) is 0 Å². The number of carbonyl (C=O) groups excluding carboxylic acids is 2. The number of esters is 1. The van der Waals surface area contributed by atoms with Crippen molar-refractivity contribution in [3.63, 3.8) is 0 Å². The zero-order valence-corrected chi connectivity index (χ0v) is 17.1. The summed E-state index contributed by atoms with van der Waals surface area (Å²) in [5.41, 5.74) is 2.71. The van der Waals surface area contributed by atoms with Crippen molar-refractivity contribution in [3.05, 3.63) is 71.3 Å². The van der Waals surface area contributed by atoms with Crippen molar-refractivity contribution in [1.82, 2.24) is 9.80 Å². The Morgan fingerprint density at radius 3 is 2.00 bits per heavy atom. The van der Waals surface area contributed by atoms with Gasteiger partial charge in [-0.05, 0) is 43.3 Å². The van der Waals surface area contributed by atoms with Crippen LogP contribution in [-0.4, -0.2) is 47.9 Å². The van der Waals surface area contributed by atoms with Gasteiger partial charge < -0.3 is 9.64 Å². The first-order chi connectivity index (χ1) is 13.6. The number of rotatable bonds is 10. The molecule has 0 fully saturated rings. The number of benzene rings is 2. The summed E-state index contributed by atoms with van der Waals surface area (Å²) >= 11 is 0. The molecule has 0 bridgehead atoms. The Balaban J connectivity index is 2.14. The van der Waals surface area contributed by atoms with Crippen LogP contribution in [0.2, 0.25) is 0 Å². The first-order valence-electron chi connectivity index (χ1n) is 9.87. The SMILES string of the molecule is CCOC(=O)CN(Cc1ccccc1)C(=O)c1ccc(CN(CC)CC)cc1. The summed E-state index contributed by atoms with van der Waals surface area (Å²) in [5, 5.41) is 0. The Bertz CT molecular complexity index is 740. The van der Waals surface area contributed by atoms with E-state index in [1.54, 1.807) is 6.92 Å². The van der Waals surface area contributed by atoms with Crippen LogP contribution in [0.15, 0.2) is 54.6 Å². The number of hydrogen-bond donors (Lipinski definition) is 0. The zero-order chi connectivity index (χ0) is 20.4. The van der Waals surface area contributed by atoms with Crippen LogP contribution >= 0.6 is 0 Å². The van der Waals surface area contributed by atoms with Gasteiger partial charge >= 0.3 is 5.97 Å². The van der Waals surface area contributed by atoms with E-state index in [0.717, 1.165) is 25.2 Å². The average Bonchev–Trinajstić information content (AvgIpc) is 2.72. The number of hydrogen-bond acceptors (Lipinski definition) is 4. The molecule has 5 heteroatoms. The van der Waals surface area contributed by atoms with Crippen LogP contribution in [0, 0.1) is 0 Å². The lowest BCUT2D eigenvalue weighted by atomic mass is 10.1. The van der Waals surface area contributed by atoms with Gasteiger partial charge in [-0.2, -0.15) is 0 Å². The summed E-state index contributed by atoms with van der Waals surface area (Å²) in [5.74, 6) is -0.573. The van der Waals surface area contributed by atoms with Gasteiger partial charge in [0.25, 0.3) is 5.91 Å². The average molecular weight is 383 g/mol. The molecule has 0 aromatic heterocycles. The lowest BCUT2D eigenvalue weighted by Crippen LogP contribution is -2.36. The predicted octanol–water partition coefficient (Wildman–Crippen LogP) is 3.73. The Labute approximate surface area is 167 Å². The molecule has 0 radical (unpaired) electrons. The highest BCUT2D eigenvalue weighted by Crippen LogP contribution is 2.13. The molecule has 28 heavy (non-hydrogen) atoms. The van der Waals surface area contributed by atoms with Crippen LogP contribution in [-0.2, 0) is 22.6 Å². The highest BCUT2D eigenvalue weighted by atomic mass is 16.5. The van der Waals surface area contributed by atoms with E-state index in [4.69, 9.17) is 4.74 Å². The Hall–Kier alpha value is -2.66. The summed E-state index contributed by atoms with van der Waals surface area (Å²) in [6.07, 6.45) is 0. The summed E-state index contributed by atoms with van der Waals surface area (Å²) in [6, 6.07) is 17.3. The van der Waals surface area contributed by atoms with Crippen molar-refractivity contribution in [3.8, 4) is 0 Å². The van der Waals surface area contributed by atoms with Crippen LogP contribution in [0.3, 0.4) is 0 Å². The molecule has 5 nitrogen and oxygen atoms in total. The largest absolute Gasteiger partial charge is 0.465 e. The molecular formula is C23H30N2O3. The van der Waals surface area contributed by atoms with Crippen LogP contribution in [0.1, 0.15) is 42.3 Å². The van der Waals surface area contributed by atoms with Gasteiger partial charge in [0, 0.05) is 18.7 Å². The third-order valence-corrected chi connectivity index (χ3v) is 4.63. The minimum atomic E-state index is -0.398. The fourth-order valence-corrected chi connectivity index (χ4v) is 3.01. The maximum absolute atomic E-state index is 13.0. The smallest absolute Gasteiger partial charge is 0.325 e. The second-order valence-electron chi connectivity index (χ2n) is 6.61. The number of ether oxygens (including phenoxy) is 1. The van der Waals surface area contributed by atoms with E-state index in [2.05, 4.69) is 18.7 Å². The molecule has 0 aliphatic carbocycles. The third-order valence-electron chi connectivity index (χ3n) is 4.63. The van der Waals surface area contributed by atoms with Crippen molar-refractivity contribution in [2.24, 2.45) is 0 Å². The molecule has 0 N–H and O–H groups in total. The van der Waals surface area contributed by atoms with E-state index in [-0.39, 0.29) is 12.5 Å². The molecule has 0 unspecified atom stereocenters. The van der Waals surface area contributed by atoms with Gasteiger partial charge in [-0.1, -0.05) is 56.3 Å². The highest BCUT2D eigenvalue weighted by Gasteiger charge is 2.20. The molecule has 1 amide bonds. The van der Waals surface area contributed by atoms with Gasteiger partial charge in [-0.25, -0.2) is 0 Å². The van der Waals surface area contributed by atoms with Gasteiger partial charge in [-0.15, -0.1) is 0 Å². The Kier molecular flexibility index (Phi) is 8.69. The molecule has 0 aliphatic rings. The lowest BCUT2D eigenvalue weighted by Gasteiger charge is -2.22. The quantitative estimate of drug-likeness (QED) is 0.588. The van der Waals surface area contributed by atoms with Crippen molar-refractivity contribution in [1.29, 1.82) is 0 Å². The van der Waals surface area contributed by atoms with Crippen LogP contribution in [0.4, 0.5) is 0 Å². The number of carbonyl (C=O) groups is 2. The molecule has 0 aliphatic heterocycles. The van der Waals surface area contributed by atoms with Crippen LogP contribution < -0.4 is 0 Å². The minimum absolute atomic E-state index is 0.0667. The topological polar surface area (TPSA) is 49.9 Å². The lowest BCUT2D eigenvalue weighted by molar-refractivity contribution is -0.143. The molecule has 2 aromatic carbocycles. The Morgan fingerprint density at radius 2 is 1.43 bits per heavy atom. The molecule has 0 atom stereocenters.